The van der Waals surface area contributed by atoms with Crippen molar-refractivity contribution in [3.63, 3.8) is 0 Å². The summed E-state index contributed by atoms with van der Waals surface area (Å²) in [5.41, 5.74) is 0. The fraction of sp³-hybridized carbons (Fsp3) is 0.333. The summed E-state index contributed by atoms with van der Waals surface area (Å²) in [4.78, 5) is 20.0. The number of likely N-dealkylation sites (N-methyl/N-ethyl adjacent to an activating group) is 1. The van der Waals surface area contributed by atoms with Gasteiger partial charge in [0.15, 0.2) is 0 Å². The number of carbonyl (C=O) groups is 2. The van der Waals surface area contributed by atoms with Crippen molar-refractivity contribution in [2.24, 2.45) is 0 Å². The Morgan fingerprint density at radius 2 is 1.62 bits per heavy atom. The summed E-state index contributed by atoms with van der Waals surface area (Å²) in [7, 11) is 4.37. The predicted octanol–water partition coefficient (Wildman–Crippen LogP) is -0.246. The fourth-order valence-corrected chi connectivity index (χ4v) is 1.47. The molecule has 0 heterocycles. The minimum atomic E-state index is -4.41. The number of carboxylic acids is 1. The highest BCUT2D eigenvalue weighted by molar-refractivity contribution is 8.10. The van der Waals surface area contributed by atoms with Crippen LogP contribution in [0.2, 0.25) is 0 Å². The Labute approximate surface area is 129 Å². The van der Waals surface area contributed by atoms with E-state index in [2.05, 4.69) is 42.1 Å². The van der Waals surface area contributed by atoms with Gasteiger partial charge in [-0.2, -0.15) is 8.42 Å². The van der Waals surface area contributed by atoms with Crippen molar-refractivity contribution in [1.29, 1.82) is 0 Å². The second-order valence-electron chi connectivity index (χ2n) is 4.33. The SMILES string of the molecule is C=CC[N+](C)(C)CC=C.O=C([O-])/C=C\C(=O)OS(=O)(=O)Cl. The molecule has 0 atom stereocenters. The Morgan fingerprint density at radius 1 is 1.19 bits per heavy atom. The molecule has 0 saturated heterocycles. The van der Waals surface area contributed by atoms with Crippen LogP contribution in [0.4, 0.5) is 0 Å². The maximum absolute atomic E-state index is 10.3. The molecule has 0 radical (unpaired) electrons. The summed E-state index contributed by atoms with van der Waals surface area (Å²) < 4.78 is 24.5. The molecule has 0 aliphatic carbocycles. The Bertz CT molecular complexity index is 498. The van der Waals surface area contributed by atoms with E-state index in [1.54, 1.807) is 0 Å². The normalized spacial score (nSPS) is 11.2. The maximum atomic E-state index is 10.3. The van der Waals surface area contributed by atoms with Gasteiger partial charge in [-0.15, -0.1) is 0 Å². The van der Waals surface area contributed by atoms with Crippen LogP contribution in [-0.4, -0.2) is 52.0 Å². The third kappa shape index (κ3) is 18.4. The van der Waals surface area contributed by atoms with Gasteiger partial charge in [-0.25, -0.2) is 4.79 Å². The highest BCUT2D eigenvalue weighted by Crippen LogP contribution is 1.99. The lowest BCUT2D eigenvalue weighted by atomic mass is 10.4. The van der Waals surface area contributed by atoms with Gasteiger partial charge in [0.25, 0.3) is 0 Å². The van der Waals surface area contributed by atoms with E-state index in [-0.39, 0.29) is 0 Å². The summed E-state index contributed by atoms with van der Waals surface area (Å²) in [6, 6.07) is 0. The zero-order valence-electron chi connectivity index (χ0n) is 11.8. The number of hydrogen-bond acceptors (Lipinski definition) is 6. The van der Waals surface area contributed by atoms with Crippen molar-refractivity contribution in [2.45, 2.75) is 0 Å². The second-order valence-corrected chi connectivity index (χ2v) is 6.41. The van der Waals surface area contributed by atoms with Crippen LogP contribution in [0.5, 0.6) is 0 Å². The minimum Gasteiger partial charge on any atom is -0.545 e. The highest BCUT2D eigenvalue weighted by atomic mass is 35.7. The molecule has 9 heteroatoms. The van der Waals surface area contributed by atoms with E-state index in [1.807, 2.05) is 12.2 Å². The van der Waals surface area contributed by atoms with E-state index in [4.69, 9.17) is 0 Å². The Balaban J connectivity index is 0. The van der Waals surface area contributed by atoms with Crippen molar-refractivity contribution < 1.29 is 31.8 Å². The van der Waals surface area contributed by atoms with Crippen molar-refractivity contribution in [3.8, 4) is 0 Å². The Morgan fingerprint density at radius 3 is 1.90 bits per heavy atom. The van der Waals surface area contributed by atoms with Crippen molar-refractivity contribution >= 4 is 32.0 Å². The maximum Gasteiger partial charge on any atom is 0.403 e. The van der Waals surface area contributed by atoms with Crippen LogP contribution in [0.25, 0.3) is 0 Å². The molecule has 7 nitrogen and oxygen atoms in total. The summed E-state index contributed by atoms with van der Waals surface area (Å²) in [6.07, 6.45) is 4.53. The Kier molecular flexibility index (Phi) is 10.5. The van der Waals surface area contributed by atoms with Gasteiger partial charge >= 0.3 is 15.3 Å². The standard InChI is InChI=1S/C8H16N.C4H3ClO6S/c1-5-7-9(3,4)8-6-2;5-12(9,10)11-4(8)2-1-3(6)7/h5-6H,1-2,7-8H2,3-4H3;1-2H,(H,6,7)/q+1;/p-1/b;2-1-. The lowest BCUT2D eigenvalue weighted by Gasteiger charge is -2.26. The van der Waals surface area contributed by atoms with Crippen molar-refractivity contribution in [1.82, 2.24) is 0 Å². The smallest absolute Gasteiger partial charge is 0.403 e. The number of quaternary nitrogens is 1. The quantitative estimate of drug-likeness (QED) is 0.274. The van der Waals surface area contributed by atoms with Gasteiger partial charge in [-0.1, -0.05) is 13.2 Å². The number of halogens is 1. The molecule has 0 unspecified atom stereocenters. The van der Waals surface area contributed by atoms with Gasteiger partial charge in [0, 0.05) is 6.08 Å². The molecule has 0 aromatic carbocycles. The predicted molar refractivity (Wildman–Crippen MR) is 77.2 cm³/mol. The highest BCUT2D eigenvalue weighted by Gasteiger charge is 2.09. The number of carbonyl (C=O) groups excluding carboxylic acids is 2. The largest absolute Gasteiger partial charge is 0.545 e. The Hall–Kier alpha value is -1.64. The van der Waals surface area contributed by atoms with E-state index in [0.29, 0.717) is 12.2 Å². The average molecular weight is 340 g/mol. The second kappa shape index (κ2) is 10.1. The molecule has 120 valence electrons. The van der Waals surface area contributed by atoms with E-state index < -0.39 is 21.3 Å². The molecule has 0 bridgehead atoms. The first kappa shape index (κ1) is 21.7. The zero-order valence-corrected chi connectivity index (χ0v) is 13.4. The van der Waals surface area contributed by atoms with Gasteiger partial charge in [0.2, 0.25) is 0 Å². The molecule has 0 aliphatic rings. The lowest BCUT2D eigenvalue weighted by molar-refractivity contribution is -0.878. The summed E-state index contributed by atoms with van der Waals surface area (Å²) in [5.74, 6) is -3.06. The molecule has 21 heavy (non-hydrogen) atoms. The molecule has 0 rings (SSSR count). The van der Waals surface area contributed by atoms with Crippen LogP contribution < -0.4 is 5.11 Å². The summed E-state index contributed by atoms with van der Waals surface area (Å²) >= 11 is 0. The van der Waals surface area contributed by atoms with Gasteiger partial charge in [0.1, 0.15) is 0 Å². The summed E-state index contributed by atoms with van der Waals surface area (Å²) in [6.45, 7) is 9.37. The van der Waals surface area contributed by atoms with E-state index in [0.717, 1.165) is 17.6 Å². The first-order valence-corrected chi connectivity index (χ1v) is 7.78. The van der Waals surface area contributed by atoms with Crippen LogP contribution in [0.1, 0.15) is 0 Å². The average Bonchev–Trinajstić information content (AvgIpc) is 2.24. The van der Waals surface area contributed by atoms with Gasteiger partial charge in [-0.05, 0) is 18.2 Å². The first-order valence-electron chi connectivity index (χ1n) is 5.54. The van der Waals surface area contributed by atoms with E-state index in [1.165, 1.54) is 0 Å². The molecule has 0 aromatic heterocycles. The van der Waals surface area contributed by atoms with Crippen LogP contribution in [0.3, 0.4) is 0 Å². The molecule has 0 N–H and O–H groups in total. The number of carboxylic acid groups (broad SMARTS) is 1. The third-order valence-corrected chi connectivity index (χ3v) is 2.34. The number of aliphatic carboxylic acids is 1. The third-order valence-electron chi connectivity index (χ3n) is 1.78. The summed E-state index contributed by atoms with van der Waals surface area (Å²) in [5, 5.41) is 9.68. The zero-order chi connectivity index (χ0) is 17.1. The molecular weight excluding hydrogens is 322 g/mol. The monoisotopic (exact) mass is 339 g/mol. The molecule has 0 fully saturated rings. The topological polar surface area (TPSA) is 101 Å². The first-order chi connectivity index (χ1) is 9.43. The van der Waals surface area contributed by atoms with E-state index >= 15 is 0 Å². The van der Waals surface area contributed by atoms with Crippen LogP contribution >= 0.6 is 10.7 Å². The van der Waals surface area contributed by atoms with Crippen LogP contribution in [0, 0.1) is 0 Å². The van der Waals surface area contributed by atoms with Crippen molar-refractivity contribution in [3.05, 3.63) is 37.5 Å². The van der Waals surface area contributed by atoms with Gasteiger partial charge in [-0.3, -0.25) is 0 Å². The van der Waals surface area contributed by atoms with Crippen LogP contribution in [0.15, 0.2) is 37.5 Å². The fourth-order valence-electron chi connectivity index (χ4n) is 1.04. The number of rotatable bonds is 7. The molecule has 0 aliphatic heterocycles. The van der Waals surface area contributed by atoms with Gasteiger partial charge in [0.05, 0.1) is 43.8 Å². The molecular formula is C12H18ClNO6S. The number of hydrogen-bond donors (Lipinski definition) is 0. The minimum absolute atomic E-state index is 0.310. The lowest BCUT2D eigenvalue weighted by Crippen LogP contribution is -2.39. The van der Waals surface area contributed by atoms with Crippen molar-refractivity contribution in [2.75, 3.05) is 27.2 Å². The molecule has 0 aromatic rings. The van der Waals surface area contributed by atoms with Crippen LogP contribution in [-0.2, 0) is 23.1 Å². The van der Waals surface area contributed by atoms with E-state index in [9.17, 15) is 23.1 Å². The number of nitrogens with zero attached hydrogens (tertiary/aromatic N) is 1. The molecule has 0 amide bonds. The molecule has 0 spiro atoms. The van der Waals surface area contributed by atoms with Gasteiger partial charge < -0.3 is 18.6 Å². The molecule has 0 saturated carbocycles.